The number of hydrogen-bond donors (Lipinski definition) is 0. The van der Waals surface area contributed by atoms with Crippen LogP contribution in [0, 0.1) is 12.7 Å². The third-order valence-corrected chi connectivity index (χ3v) is 6.28. The molecule has 2 aliphatic heterocycles. The number of carbonyl (C=O) groups is 1. The molecule has 5 rings (SSSR count). The zero-order valence-electron chi connectivity index (χ0n) is 18.0. The van der Waals surface area contributed by atoms with Crippen molar-refractivity contribution in [2.45, 2.75) is 19.4 Å². The van der Waals surface area contributed by atoms with Gasteiger partial charge >= 0.3 is 0 Å². The molecular weight excluding hydrogens is 411 g/mol. The number of rotatable bonds is 5. The quantitative estimate of drug-likeness (QED) is 0.613. The first kappa shape index (κ1) is 20.8. The fourth-order valence-electron chi connectivity index (χ4n) is 4.65. The summed E-state index contributed by atoms with van der Waals surface area (Å²) in [5.41, 5.74) is 2.18. The molecule has 3 aromatic rings. The van der Waals surface area contributed by atoms with Crippen LogP contribution in [0.15, 0.2) is 51.7 Å². The van der Waals surface area contributed by atoms with E-state index >= 15 is 0 Å². The maximum absolute atomic E-state index is 13.6. The van der Waals surface area contributed by atoms with E-state index in [0.29, 0.717) is 28.6 Å². The first-order chi connectivity index (χ1) is 15.5. The number of morpholine rings is 1. The number of aryl methyl sites for hydroxylation is 1. The van der Waals surface area contributed by atoms with Gasteiger partial charge in [0, 0.05) is 26.2 Å². The lowest BCUT2D eigenvalue weighted by Gasteiger charge is -2.29. The van der Waals surface area contributed by atoms with Gasteiger partial charge in [-0.3, -0.25) is 14.5 Å². The Morgan fingerprint density at radius 3 is 2.53 bits per heavy atom. The van der Waals surface area contributed by atoms with Crippen LogP contribution in [0.5, 0.6) is 0 Å². The van der Waals surface area contributed by atoms with Gasteiger partial charge in [-0.25, -0.2) is 4.39 Å². The maximum atomic E-state index is 13.6. The van der Waals surface area contributed by atoms with Gasteiger partial charge in [0.1, 0.15) is 11.4 Å². The zero-order chi connectivity index (χ0) is 22.2. The summed E-state index contributed by atoms with van der Waals surface area (Å²) in [5.74, 6) is -0.568. The molecule has 32 heavy (non-hydrogen) atoms. The van der Waals surface area contributed by atoms with Crippen molar-refractivity contribution in [3.05, 3.63) is 81.0 Å². The molecule has 1 fully saturated rings. The van der Waals surface area contributed by atoms with Crippen molar-refractivity contribution in [2.24, 2.45) is 0 Å². The molecule has 1 amide bonds. The second-order valence-electron chi connectivity index (χ2n) is 8.43. The zero-order valence-corrected chi connectivity index (χ0v) is 18.0. The van der Waals surface area contributed by atoms with Crippen LogP contribution in [0.4, 0.5) is 4.39 Å². The second-order valence-corrected chi connectivity index (χ2v) is 8.43. The fourth-order valence-corrected chi connectivity index (χ4v) is 4.65. The maximum Gasteiger partial charge on any atom is 0.290 e. The number of benzene rings is 2. The predicted molar refractivity (Wildman–Crippen MR) is 118 cm³/mol. The molecule has 0 unspecified atom stereocenters. The molecule has 7 heteroatoms. The average molecular weight is 436 g/mol. The highest BCUT2D eigenvalue weighted by molar-refractivity contribution is 5.99. The van der Waals surface area contributed by atoms with Gasteiger partial charge in [0.15, 0.2) is 5.43 Å². The standard InChI is InChI=1S/C25H25FN2O4/c1-16-3-8-20-19(15-16)23(29)21-22(17-4-6-18(26)7-5-17)28(25(30)24(21)32-20)10-2-9-27-11-13-31-14-12-27/h3-8,15,22H,2,9-14H2,1H3/t22-/m0/s1. The molecule has 6 nitrogen and oxygen atoms in total. The number of halogens is 1. The molecule has 1 saturated heterocycles. The van der Waals surface area contributed by atoms with E-state index in [9.17, 15) is 14.0 Å². The van der Waals surface area contributed by atoms with Crippen molar-refractivity contribution >= 4 is 16.9 Å². The van der Waals surface area contributed by atoms with Crippen LogP contribution in [-0.4, -0.2) is 55.1 Å². The third-order valence-electron chi connectivity index (χ3n) is 6.28. The number of carbonyl (C=O) groups excluding carboxylic acids is 1. The van der Waals surface area contributed by atoms with Crippen LogP contribution in [-0.2, 0) is 4.74 Å². The van der Waals surface area contributed by atoms with E-state index < -0.39 is 6.04 Å². The number of ether oxygens (including phenoxy) is 1. The molecular formula is C25H25FN2O4. The molecule has 2 aliphatic rings. The molecule has 1 aromatic heterocycles. The molecule has 0 bridgehead atoms. The normalized spacial score (nSPS) is 19.0. The minimum absolute atomic E-state index is 0.0899. The Balaban J connectivity index is 1.53. The lowest BCUT2D eigenvalue weighted by Crippen LogP contribution is -2.38. The van der Waals surface area contributed by atoms with E-state index in [2.05, 4.69) is 4.90 Å². The number of nitrogens with zero attached hydrogens (tertiary/aromatic N) is 2. The van der Waals surface area contributed by atoms with Crippen molar-refractivity contribution in [2.75, 3.05) is 39.4 Å². The highest BCUT2D eigenvalue weighted by atomic mass is 19.1. The van der Waals surface area contributed by atoms with Crippen LogP contribution >= 0.6 is 0 Å². The monoisotopic (exact) mass is 436 g/mol. The first-order valence-electron chi connectivity index (χ1n) is 11.0. The van der Waals surface area contributed by atoms with Crippen molar-refractivity contribution in [1.29, 1.82) is 0 Å². The van der Waals surface area contributed by atoms with Crippen molar-refractivity contribution < 1.29 is 18.3 Å². The summed E-state index contributed by atoms with van der Waals surface area (Å²) in [4.78, 5) is 30.9. The predicted octanol–water partition coefficient (Wildman–Crippen LogP) is 3.51. The van der Waals surface area contributed by atoms with Gasteiger partial charge in [-0.2, -0.15) is 0 Å². The number of fused-ring (bicyclic) bond motifs is 2. The summed E-state index contributed by atoms with van der Waals surface area (Å²) in [6.07, 6.45) is 0.754. The van der Waals surface area contributed by atoms with E-state index in [0.717, 1.165) is 44.8 Å². The largest absolute Gasteiger partial charge is 0.450 e. The van der Waals surface area contributed by atoms with Crippen LogP contribution < -0.4 is 5.43 Å². The summed E-state index contributed by atoms with van der Waals surface area (Å²) in [6, 6.07) is 10.8. The van der Waals surface area contributed by atoms with E-state index in [1.807, 2.05) is 13.0 Å². The van der Waals surface area contributed by atoms with Gasteiger partial charge in [-0.15, -0.1) is 0 Å². The molecule has 166 valence electrons. The molecule has 1 atom stereocenters. The Morgan fingerprint density at radius 1 is 1.03 bits per heavy atom. The van der Waals surface area contributed by atoms with Gasteiger partial charge in [-0.1, -0.05) is 23.8 Å². The van der Waals surface area contributed by atoms with Gasteiger partial charge < -0.3 is 14.1 Å². The molecule has 3 heterocycles. The Bertz CT molecular complexity index is 1220. The topological polar surface area (TPSA) is 63.0 Å². The van der Waals surface area contributed by atoms with E-state index in [1.165, 1.54) is 12.1 Å². The molecule has 2 aromatic carbocycles. The Hall–Kier alpha value is -3.03. The minimum atomic E-state index is -0.594. The first-order valence-corrected chi connectivity index (χ1v) is 11.0. The van der Waals surface area contributed by atoms with Crippen LogP contribution in [0.25, 0.3) is 11.0 Å². The van der Waals surface area contributed by atoms with E-state index in [4.69, 9.17) is 9.15 Å². The second kappa shape index (κ2) is 8.48. The van der Waals surface area contributed by atoms with Gasteiger partial charge in [0.2, 0.25) is 5.76 Å². The number of amides is 1. The van der Waals surface area contributed by atoms with Gasteiger partial charge in [0.05, 0.1) is 30.2 Å². The Labute approximate surface area is 185 Å². The van der Waals surface area contributed by atoms with E-state index in [1.54, 1.807) is 29.2 Å². The van der Waals surface area contributed by atoms with Crippen molar-refractivity contribution in [3.63, 3.8) is 0 Å². The summed E-state index contributed by atoms with van der Waals surface area (Å²) in [7, 11) is 0. The molecule has 0 N–H and O–H groups in total. The highest BCUT2D eigenvalue weighted by Gasteiger charge is 2.42. The SMILES string of the molecule is Cc1ccc2oc3c(c(=O)c2c1)[C@H](c1ccc(F)cc1)N(CCCN1CCOCC1)C3=O. The summed E-state index contributed by atoms with van der Waals surface area (Å²) < 4.78 is 25.0. The fraction of sp³-hybridized carbons (Fsp3) is 0.360. The molecule has 0 radical (unpaired) electrons. The highest BCUT2D eigenvalue weighted by Crippen LogP contribution is 2.38. The summed E-state index contributed by atoms with van der Waals surface area (Å²) in [6.45, 7) is 6.40. The smallest absolute Gasteiger partial charge is 0.290 e. The molecule has 0 saturated carbocycles. The lowest BCUT2D eigenvalue weighted by atomic mass is 9.98. The van der Waals surface area contributed by atoms with Crippen molar-refractivity contribution in [1.82, 2.24) is 9.80 Å². The summed E-state index contributed by atoms with van der Waals surface area (Å²) in [5, 5.41) is 0.457. The average Bonchev–Trinajstić information content (AvgIpc) is 3.08. The van der Waals surface area contributed by atoms with Gasteiger partial charge in [-0.05, 0) is 43.2 Å². The van der Waals surface area contributed by atoms with Crippen molar-refractivity contribution in [3.8, 4) is 0 Å². The van der Waals surface area contributed by atoms with Crippen LogP contribution in [0.2, 0.25) is 0 Å². The molecule has 0 aliphatic carbocycles. The Morgan fingerprint density at radius 2 is 1.78 bits per heavy atom. The Kier molecular flexibility index (Phi) is 5.53. The van der Waals surface area contributed by atoms with Crippen LogP contribution in [0.1, 0.15) is 39.7 Å². The summed E-state index contributed by atoms with van der Waals surface area (Å²) >= 11 is 0. The minimum Gasteiger partial charge on any atom is -0.450 e. The number of hydrogen-bond acceptors (Lipinski definition) is 5. The third kappa shape index (κ3) is 3.72. The van der Waals surface area contributed by atoms with Gasteiger partial charge in [0.25, 0.3) is 5.91 Å². The van der Waals surface area contributed by atoms with Crippen LogP contribution in [0.3, 0.4) is 0 Å². The van der Waals surface area contributed by atoms with E-state index in [-0.39, 0.29) is 22.9 Å². The lowest BCUT2D eigenvalue weighted by molar-refractivity contribution is 0.0353. The molecule has 0 spiro atoms.